The Morgan fingerprint density at radius 1 is 0.420 bits per heavy atom. The predicted molar refractivity (Wildman–Crippen MR) is 300 cm³/mol. The second-order valence-electron chi connectivity index (χ2n) is 16.6. The number of nitriles is 2. The maximum absolute atomic E-state index is 9.73. The van der Waals surface area contributed by atoms with Crippen molar-refractivity contribution >= 4 is 17.7 Å². The van der Waals surface area contributed by atoms with E-state index in [4.69, 9.17) is 30.0 Å². The molecule has 23 heteroatoms. The summed E-state index contributed by atoms with van der Waals surface area (Å²) in [4.78, 5) is 29.2. The molecule has 0 unspecified atom stereocenters. The molecule has 6 heterocycles. The van der Waals surface area contributed by atoms with E-state index in [-0.39, 0.29) is 17.1 Å². The summed E-state index contributed by atoms with van der Waals surface area (Å²) >= 11 is 0. The van der Waals surface area contributed by atoms with Crippen LogP contribution in [0.25, 0.3) is 45.0 Å². The molecule has 81 heavy (non-hydrogen) atoms. The van der Waals surface area contributed by atoms with Crippen LogP contribution >= 0.6 is 17.7 Å². The predicted octanol–water partition coefficient (Wildman–Crippen LogP) is 14.9. The zero-order valence-electron chi connectivity index (χ0n) is 45.1. The molecule has 0 fully saturated rings. The van der Waals surface area contributed by atoms with E-state index in [1.165, 1.54) is 13.8 Å². The number of ether oxygens (including phenoxy) is 2. The average Bonchev–Trinajstić information content (AvgIpc) is 4.49. The Balaban J connectivity index is 0.000000281. The van der Waals surface area contributed by atoms with Gasteiger partial charge in [0, 0.05) is 133 Å². The maximum atomic E-state index is 9.73. The van der Waals surface area contributed by atoms with Crippen LogP contribution in [0.5, 0.6) is 0 Å². The summed E-state index contributed by atoms with van der Waals surface area (Å²) in [6, 6.07) is 56.2. The number of hydrogen-bond donors (Lipinski definition) is 0. The van der Waals surface area contributed by atoms with Crippen molar-refractivity contribution in [2.45, 2.75) is 25.0 Å². The molecule has 0 bridgehead atoms. The number of rotatable bonds is 12. The number of aromatic nitrogens is 10. The Morgan fingerprint density at radius 2 is 0.691 bits per heavy atom. The van der Waals surface area contributed by atoms with Gasteiger partial charge in [-0.1, -0.05) is 133 Å². The number of imidazole rings is 4. The maximum Gasteiger partial charge on any atom is 0.456 e. The van der Waals surface area contributed by atoms with Gasteiger partial charge in [0.05, 0.1) is 46.3 Å². The SMILES string of the molecule is CC#N.CC#N.CO[C@@](c1ccccn1)(c1nccn1C)c1nc(-c2ccccc2)c(-c2ccccc2)n1C.CO[C@](c1ccccn1)(c1nccn1C)c1nc(-c2ccccc2)c(-c2ccccc2)n1C.FP(F)F.FP(F)F.[Cu]. The molecule has 2 atom stereocenters. The van der Waals surface area contributed by atoms with E-state index in [0.717, 1.165) is 45.0 Å². The van der Waals surface area contributed by atoms with Crippen LogP contribution in [0.3, 0.4) is 0 Å². The van der Waals surface area contributed by atoms with Crippen molar-refractivity contribution < 1.29 is 51.7 Å². The molecule has 0 N–H and O–H groups in total. The van der Waals surface area contributed by atoms with E-state index in [9.17, 15) is 25.2 Å². The van der Waals surface area contributed by atoms with Crippen molar-refractivity contribution in [3.8, 4) is 57.2 Å². The Labute approximate surface area is 480 Å². The standard InChI is InChI=1S/2C27H25N5O.2C2H3N.Cu.2F3P/c2*1-31-19-18-29-25(31)27(33-3,22-16-10-11-17-28-22)26-30-23(20-12-6-4-7-13-20)24(32(26)2)21-14-8-5-9-15-21;2*1-2-3;;2*1-4(2)3/h2*4-19H,1-3H3;2*1H3;;;/t2*27-;;;;;/m10...../s1. The molecule has 0 aliphatic carbocycles. The molecule has 0 aliphatic heterocycles. The zero-order chi connectivity index (χ0) is 58.2. The van der Waals surface area contributed by atoms with Crippen LogP contribution in [0.4, 0.5) is 25.2 Å². The minimum atomic E-state index is -4.12. The third kappa shape index (κ3) is 15.6. The van der Waals surface area contributed by atoms with Crippen LogP contribution < -0.4 is 0 Å². The van der Waals surface area contributed by atoms with Crippen LogP contribution in [0.2, 0.25) is 0 Å². The van der Waals surface area contributed by atoms with Crippen LogP contribution in [0.15, 0.2) is 195 Å². The van der Waals surface area contributed by atoms with Crippen molar-refractivity contribution in [2.24, 2.45) is 28.2 Å². The number of benzene rings is 4. The molecule has 0 spiro atoms. The molecule has 4 aromatic carbocycles. The summed E-state index contributed by atoms with van der Waals surface area (Å²) in [5.74, 6) is 2.82. The number of aryl methyl sites for hydroxylation is 2. The Kier molecular flexibility index (Phi) is 26.0. The fourth-order valence-corrected chi connectivity index (χ4v) is 8.86. The van der Waals surface area contributed by atoms with Crippen molar-refractivity contribution in [1.29, 1.82) is 10.5 Å². The van der Waals surface area contributed by atoms with E-state index >= 15 is 0 Å². The first-order chi connectivity index (χ1) is 38.6. The number of pyridine rings is 2. The van der Waals surface area contributed by atoms with Crippen molar-refractivity contribution in [3.05, 3.63) is 230 Å². The normalized spacial score (nSPS) is 11.7. The van der Waals surface area contributed by atoms with Crippen molar-refractivity contribution in [3.63, 3.8) is 0 Å². The van der Waals surface area contributed by atoms with E-state index in [0.29, 0.717) is 34.7 Å². The van der Waals surface area contributed by atoms with Gasteiger partial charge in [0.25, 0.3) is 0 Å². The number of hydrogen-bond acceptors (Lipinski definition) is 10. The molecule has 0 saturated heterocycles. The monoisotopic (exact) mass is 1190 g/mol. The fourth-order valence-electron chi connectivity index (χ4n) is 8.86. The third-order valence-electron chi connectivity index (χ3n) is 11.9. The van der Waals surface area contributed by atoms with Gasteiger partial charge in [0.1, 0.15) is 0 Å². The quantitative estimate of drug-likeness (QED) is 0.0653. The zero-order valence-corrected chi connectivity index (χ0v) is 47.9. The number of methoxy groups -OCH3 is 2. The summed E-state index contributed by atoms with van der Waals surface area (Å²) in [6.07, 6.45) is 10.9. The van der Waals surface area contributed by atoms with E-state index < -0.39 is 28.9 Å². The van der Waals surface area contributed by atoms with Gasteiger partial charge in [-0.15, -0.1) is 0 Å². The summed E-state index contributed by atoms with van der Waals surface area (Å²) < 4.78 is 79.2. The third-order valence-corrected chi connectivity index (χ3v) is 11.9. The minimum Gasteiger partial charge on any atom is -0.357 e. The fraction of sp³-hybridized carbons (Fsp3) is 0.172. The van der Waals surface area contributed by atoms with Crippen LogP contribution in [0.1, 0.15) is 48.5 Å². The topological polar surface area (TPSA) is 163 Å². The van der Waals surface area contributed by atoms with Crippen molar-refractivity contribution in [2.75, 3.05) is 14.2 Å². The molecule has 1 radical (unpaired) electrons. The summed E-state index contributed by atoms with van der Waals surface area (Å²) in [6.45, 7) is 2.86. The van der Waals surface area contributed by atoms with Gasteiger partial charge in [0.2, 0.25) is 11.2 Å². The van der Waals surface area contributed by atoms with Gasteiger partial charge in [-0.3, -0.25) is 9.97 Å². The van der Waals surface area contributed by atoms with Gasteiger partial charge >= 0.3 is 17.7 Å². The van der Waals surface area contributed by atoms with Gasteiger partial charge in [-0.25, -0.2) is 19.9 Å². The Bertz CT molecular complexity index is 3280. The van der Waals surface area contributed by atoms with Gasteiger partial charge in [-0.2, -0.15) is 35.7 Å². The Hall–Kier alpha value is -8.12. The molecule has 0 saturated carbocycles. The summed E-state index contributed by atoms with van der Waals surface area (Å²) in [5, 5.41) is 14.6. The summed E-state index contributed by atoms with van der Waals surface area (Å²) in [7, 11) is 3.09. The van der Waals surface area contributed by atoms with Crippen molar-refractivity contribution in [1.82, 2.24) is 48.2 Å². The van der Waals surface area contributed by atoms with E-state index in [2.05, 4.69) is 77.6 Å². The first-order valence-corrected chi connectivity index (χ1v) is 26.1. The second-order valence-corrected chi connectivity index (χ2v) is 17.4. The van der Waals surface area contributed by atoms with E-state index in [1.54, 1.807) is 51.1 Å². The van der Waals surface area contributed by atoms with Crippen LogP contribution in [-0.4, -0.2) is 62.4 Å². The molecule has 10 rings (SSSR count). The first-order valence-electron chi connectivity index (χ1n) is 24.0. The average molecular weight is 1190 g/mol. The molecule has 14 nitrogen and oxygen atoms in total. The molecule has 6 aromatic heterocycles. The smallest absolute Gasteiger partial charge is 0.357 e. The number of nitrogens with zero attached hydrogens (tertiary/aromatic N) is 12. The molecule has 10 aromatic rings. The molecule has 0 aliphatic rings. The van der Waals surface area contributed by atoms with E-state index in [1.807, 2.05) is 159 Å². The van der Waals surface area contributed by atoms with Gasteiger partial charge in [-0.05, 0) is 24.3 Å². The van der Waals surface area contributed by atoms with Gasteiger partial charge < -0.3 is 27.7 Å². The molecule has 0 amide bonds. The largest absolute Gasteiger partial charge is 0.456 e. The number of halogens is 6. The van der Waals surface area contributed by atoms with Crippen LogP contribution in [-0.2, 0) is 65.9 Å². The minimum absolute atomic E-state index is 0. The van der Waals surface area contributed by atoms with Crippen LogP contribution in [0, 0.1) is 22.7 Å². The molecule has 423 valence electrons. The molecular formula is C58H56CuF6N12O2P2. The van der Waals surface area contributed by atoms with Gasteiger partial charge in [0.15, 0.2) is 23.3 Å². The summed E-state index contributed by atoms with van der Waals surface area (Å²) in [5.41, 5.74) is 7.20. The first kappa shape index (κ1) is 65.4. The molecular weight excluding hydrogens is 1140 g/mol. The second kappa shape index (κ2) is 32.2. The Morgan fingerprint density at radius 3 is 0.926 bits per heavy atom.